The minimum Gasteiger partial charge on any atom is -0.477 e. The topological polar surface area (TPSA) is 52.6 Å². The molecule has 0 amide bonds. The number of carboxylic acids is 1. The Balaban J connectivity index is 2.28. The number of nitrogens with zero attached hydrogens (tertiary/aromatic N) is 1. The smallest absolute Gasteiger partial charge is 0.376 e. The van der Waals surface area contributed by atoms with Crippen molar-refractivity contribution in [3.63, 3.8) is 0 Å². The molecule has 1 fully saturated rings. The summed E-state index contributed by atoms with van der Waals surface area (Å²) in [6.45, 7) is 0.577. The molecule has 0 saturated carbocycles. The average molecular weight is 194 g/mol. The number of aliphatic carboxylic acids is 1. The van der Waals surface area contributed by atoms with Crippen LogP contribution >= 0.6 is 0 Å². The van der Waals surface area contributed by atoms with Crippen LogP contribution in [0.3, 0.4) is 0 Å². The maximum Gasteiger partial charge on any atom is 0.376 e. The molecule has 1 aliphatic heterocycles. The fraction of sp³-hybridized carbons (Fsp3) is 0.857. The Kier molecular flexibility index (Phi) is 3.16. The van der Waals surface area contributed by atoms with Gasteiger partial charge in [0.1, 0.15) is 0 Å². The lowest BCUT2D eigenvalue weighted by Gasteiger charge is -2.19. The Hall–Kier alpha value is -0.750. The second-order valence-corrected chi connectivity index (χ2v) is 3.04. The Morgan fingerprint density at radius 3 is 2.46 bits per heavy atom. The van der Waals surface area contributed by atoms with Crippen LogP contribution in [0.2, 0.25) is 0 Å². The summed E-state index contributed by atoms with van der Waals surface area (Å²) >= 11 is 0. The molecule has 76 valence electrons. The van der Waals surface area contributed by atoms with Crippen molar-refractivity contribution in [2.75, 3.05) is 19.6 Å². The van der Waals surface area contributed by atoms with Crippen molar-refractivity contribution in [3.05, 3.63) is 0 Å². The van der Waals surface area contributed by atoms with Gasteiger partial charge in [0, 0.05) is 13.1 Å². The largest absolute Gasteiger partial charge is 0.477 e. The van der Waals surface area contributed by atoms with Gasteiger partial charge >= 0.3 is 11.9 Å². The van der Waals surface area contributed by atoms with Crippen molar-refractivity contribution in [2.24, 2.45) is 0 Å². The fourth-order valence-electron chi connectivity index (χ4n) is 1.16. The zero-order valence-corrected chi connectivity index (χ0v) is 7.09. The summed E-state index contributed by atoms with van der Waals surface area (Å²) < 4.78 is 25.0. The van der Waals surface area contributed by atoms with E-state index in [0.717, 1.165) is 12.8 Å². The Morgan fingerprint density at radius 1 is 1.46 bits per heavy atom. The minimum atomic E-state index is -3.68. The van der Waals surface area contributed by atoms with Gasteiger partial charge in [-0.15, -0.1) is 0 Å². The van der Waals surface area contributed by atoms with Gasteiger partial charge in [-0.2, -0.15) is 8.78 Å². The molecule has 0 atom stereocenters. The lowest BCUT2D eigenvalue weighted by atomic mass is 10.3. The average Bonchev–Trinajstić information content (AvgIpc) is 2.52. The van der Waals surface area contributed by atoms with Crippen LogP contribution in [0.1, 0.15) is 12.8 Å². The molecule has 4 nitrogen and oxygen atoms in total. The van der Waals surface area contributed by atoms with Crippen molar-refractivity contribution in [2.45, 2.75) is 18.8 Å². The molecule has 1 aliphatic rings. The van der Waals surface area contributed by atoms with Crippen LogP contribution in [0, 0.1) is 0 Å². The summed E-state index contributed by atoms with van der Waals surface area (Å²) in [7, 11) is 0. The first-order valence-electron chi connectivity index (χ1n) is 4.12. The van der Waals surface area contributed by atoms with Crippen molar-refractivity contribution in [1.82, 2.24) is 10.4 Å². The van der Waals surface area contributed by atoms with E-state index in [1.54, 1.807) is 5.01 Å². The normalized spacial score (nSPS) is 19.2. The van der Waals surface area contributed by atoms with Gasteiger partial charge in [0.25, 0.3) is 0 Å². The van der Waals surface area contributed by atoms with Gasteiger partial charge in [-0.05, 0) is 12.8 Å². The molecular formula is C7H12F2N2O2. The molecule has 0 unspecified atom stereocenters. The third kappa shape index (κ3) is 2.89. The van der Waals surface area contributed by atoms with Crippen LogP contribution in [0.25, 0.3) is 0 Å². The first-order chi connectivity index (χ1) is 6.02. The van der Waals surface area contributed by atoms with E-state index in [1.807, 2.05) is 0 Å². The van der Waals surface area contributed by atoms with Gasteiger partial charge in [-0.1, -0.05) is 0 Å². The summed E-state index contributed by atoms with van der Waals surface area (Å²) in [5.74, 6) is -5.76. The standard InChI is InChI=1S/C7H12F2N2O2/c8-7(9,6(12)13)5-10-11-3-1-2-4-11/h10H,1-5H2,(H,12,13). The number of carboxylic acid groups (broad SMARTS) is 1. The highest BCUT2D eigenvalue weighted by Crippen LogP contribution is 2.13. The van der Waals surface area contributed by atoms with Crippen LogP contribution in [-0.4, -0.2) is 41.6 Å². The van der Waals surface area contributed by atoms with Gasteiger partial charge in [-0.25, -0.2) is 15.2 Å². The minimum absolute atomic E-state index is 0.704. The predicted molar refractivity (Wildman–Crippen MR) is 41.4 cm³/mol. The molecule has 0 bridgehead atoms. The number of carbonyl (C=O) groups is 1. The van der Waals surface area contributed by atoms with Gasteiger partial charge in [0.2, 0.25) is 0 Å². The molecule has 0 spiro atoms. The molecule has 0 aromatic carbocycles. The van der Waals surface area contributed by atoms with Crippen molar-refractivity contribution in [1.29, 1.82) is 0 Å². The summed E-state index contributed by atoms with van der Waals surface area (Å²) in [4.78, 5) is 10.0. The number of halogens is 2. The second-order valence-electron chi connectivity index (χ2n) is 3.04. The zero-order valence-electron chi connectivity index (χ0n) is 7.09. The molecular weight excluding hydrogens is 182 g/mol. The van der Waals surface area contributed by atoms with E-state index in [4.69, 9.17) is 5.11 Å². The molecule has 0 radical (unpaired) electrons. The Bertz CT molecular complexity index is 193. The first-order valence-corrected chi connectivity index (χ1v) is 4.12. The molecule has 1 saturated heterocycles. The predicted octanol–water partition coefficient (Wildman–Crippen LogP) is 0.307. The van der Waals surface area contributed by atoms with Crippen LogP contribution in [0.15, 0.2) is 0 Å². The monoisotopic (exact) mass is 194 g/mol. The van der Waals surface area contributed by atoms with Crippen molar-refractivity contribution in [3.8, 4) is 0 Å². The van der Waals surface area contributed by atoms with E-state index in [0.29, 0.717) is 13.1 Å². The summed E-state index contributed by atoms with van der Waals surface area (Å²) in [5.41, 5.74) is 2.41. The lowest BCUT2D eigenvalue weighted by molar-refractivity contribution is -0.165. The highest BCUT2D eigenvalue weighted by Gasteiger charge is 2.38. The summed E-state index contributed by atoms with van der Waals surface area (Å²) in [6, 6.07) is 0. The van der Waals surface area contributed by atoms with Crippen LogP contribution in [0.4, 0.5) is 8.78 Å². The van der Waals surface area contributed by atoms with Crippen LogP contribution in [0.5, 0.6) is 0 Å². The highest BCUT2D eigenvalue weighted by atomic mass is 19.3. The first kappa shape index (κ1) is 10.3. The maximum absolute atomic E-state index is 12.5. The molecule has 13 heavy (non-hydrogen) atoms. The van der Waals surface area contributed by atoms with Gasteiger partial charge in [0.05, 0.1) is 6.54 Å². The summed E-state index contributed by atoms with van der Waals surface area (Å²) in [6.07, 6.45) is 1.93. The number of alkyl halides is 2. The molecule has 2 N–H and O–H groups in total. The molecule has 6 heteroatoms. The fourth-order valence-corrected chi connectivity index (χ4v) is 1.16. The molecule has 0 aromatic rings. The van der Waals surface area contributed by atoms with E-state index in [2.05, 4.69) is 5.43 Å². The van der Waals surface area contributed by atoms with Gasteiger partial charge in [-0.3, -0.25) is 0 Å². The highest BCUT2D eigenvalue weighted by molar-refractivity contribution is 5.75. The lowest BCUT2D eigenvalue weighted by Crippen LogP contribution is -2.46. The Morgan fingerprint density at radius 2 is 2.00 bits per heavy atom. The second kappa shape index (κ2) is 3.97. The molecule has 1 rings (SSSR count). The SMILES string of the molecule is O=C(O)C(F)(F)CNN1CCCC1. The Labute approximate surface area is 74.5 Å². The quantitative estimate of drug-likeness (QED) is 0.676. The van der Waals surface area contributed by atoms with Crippen molar-refractivity contribution >= 4 is 5.97 Å². The number of rotatable bonds is 4. The molecule has 0 aromatic heterocycles. The van der Waals surface area contributed by atoms with E-state index >= 15 is 0 Å². The van der Waals surface area contributed by atoms with E-state index in [9.17, 15) is 13.6 Å². The van der Waals surface area contributed by atoms with E-state index < -0.39 is 18.4 Å². The number of hydrogen-bond donors (Lipinski definition) is 2. The van der Waals surface area contributed by atoms with E-state index in [-0.39, 0.29) is 0 Å². The van der Waals surface area contributed by atoms with Crippen molar-refractivity contribution < 1.29 is 18.7 Å². The number of hydrogen-bond acceptors (Lipinski definition) is 3. The maximum atomic E-state index is 12.5. The zero-order chi connectivity index (χ0) is 9.90. The van der Waals surface area contributed by atoms with Gasteiger partial charge in [0.15, 0.2) is 0 Å². The van der Waals surface area contributed by atoms with Crippen LogP contribution in [-0.2, 0) is 4.79 Å². The van der Waals surface area contributed by atoms with Crippen LogP contribution < -0.4 is 5.43 Å². The number of nitrogens with one attached hydrogen (secondary N) is 1. The third-order valence-electron chi connectivity index (χ3n) is 1.94. The number of hydrazine groups is 1. The van der Waals surface area contributed by atoms with Gasteiger partial charge < -0.3 is 5.11 Å². The summed E-state index contributed by atoms with van der Waals surface area (Å²) in [5, 5.41) is 9.73. The van der Waals surface area contributed by atoms with E-state index in [1.165, 1.54) is 0 Å². The molecule has 1 heterocycles. The molecule has 0 aliphatic carbocycles. The third-order valence-corrected chi connectivity index (χ3v) is 1.94.